The summed E-state index contributed by atoms with van der Waals surface area (Å²) in [5.74, 6) is 0.0321. The van der Waals surface area contributed by atoms with Crippen LogP contribution in [0.2, 0.25) is 0 Å². The first-order valence-electron chi connectivity index (χ1n) is 10.6. The van der Waals surface area contributed by atoms with Gasteiger partial charge >= 0.3 is 0 Å². The number of rotatable bonds is 6. The van der Waals surface area contributed by atoms with Gasteiger partial charge in [-0.2, -0.15) is 0 Å². The standard InChI is InChI=1S/C25H28O5/c1-27-14-19-21(28-2)22(29-3)20-24(30-19)25(20)18-12-8-7-11-16(18)17(23(25)26)13-15-9-5-4-6-10-15/h4-12,17,19-22,24H,13-14H2,1-3H3/t17?,19-,20?,21+,22-,24?,25?/m1/s1. The Kier molecular flexibility index (Phi) is 5.02. The molecule has 1 spiro atoms. The third kappa shape index (κ3) is 2.66. The van der Waals surface area contributed by atoms with Crippen molar-refractivity contribution in [1.29, 1.82) is 0 Å². The summed E-state index contributed by atoms with van der Waals surface area (Å²) in [6.07, 6.45) is -0.266. The van der Waals surface area contributed by atoms with Crippen molar-refractivity contribution in [2.75, 3.05) is 27.9 Å². The van der Waals surface area contributed by atoms with E-state index in [1.54, 1.807) is 21.3 Å². The molecular formula is C25H28O5. The van der Waals surface area contributed by atoms with Crippen LogP contribution in [0, 0.1) is 5.92 Å². The van der Waals surface area contributed by atoms with Crippen molar-refractivity contribution in [2.45, 2.75) is 42.2 Å². The van der Waals surface area contributed by atoms with E-state index >= 15 is 0 Å². The first kappa shape index (κ1) is 19.9. The maximum Gasteiger partial charge on any atom is 0.154 e. The maximum absolute atomic E-state index is 14.0. The third-order valence-corrected chi connectivity index (χ3v) is 7.22. The fourth-order valence-corrected chi connectivity index (χ4v) is 5.98. The Balaban J connectivity index is 1.55. The second kappa shape index (κ2) is 7.57. The van der Waals surface area contributed by atoms with Crippen LogP contribution in [0.3, 0.4) is 0 Å². The van der Waals surface area contributed by atoms with Crippen LogP contribution in [-0.4, -0.2) is 58.1 Å². The summed E-state index contributed by atoms with van der Waals surface area (Å²) in [5.41, 5.74) is 2.73. The van der Waals surface area contributed by atoms with Crippen LogP contribution in [0.25, 0.3) is 0 Å². The Morgan fingerprint density at radius 2 is 1.63 bits per heavy atom. The number of carbonyl (C=O) groups excluding carboxylic acids is 1. The smallest absolute Gasteiger partial charge is 0.154 e. The van der Waals surface area contributed by atoms with E-state index in [0.29, 0.717) is 13.0 Å². The van der Waals surface area contributed by atoms with Crippen molar-refractivity contribution >= 4 is 5.78 Å². The highest BCUT2D eigenvalue weighted by Crippen LogP contribution is 2.68. The molecule has 5 heteroatoms. The Labute approximate surface area is 177 Å². The molecule has 0 bridgehead atoms. The molecule has 1 saturated carbocycles. The highest BCUT2D eigenvalue weighted by molar-refractivity contribution is 6.05. The van der Waals surface area contributed by atoms with Crippen LogP contribution < -0.4 is 0 Å². The molecule has 2 aromatic rings. The van der Waals surface area contributed by atoms with Gasteiger partial charge in [0, 0.05) is 33.2 Å². The summed E-state index contributed by atoms with van der Waals surface area (Å²) in [7, 11) is 5.01. The summed E-state index contributed by atoms with van der Waals surface area (Å²) in [4.78, 5) is 14.0. The maximum atomic E-state index is 14.0. The van der Waals surface area contributed by atoms with E-state index in [-0.39, 0.29) is 42.0 Å². The summed E-state index contributed by atoms with van der Waals surface area (Å²) in [6.45, 7) is 0.404. The van der Waals surface area contributed by atoms with Crippen LogP contribution in [0.5, 0.6) is 0 Å². The van der Waals surface area contributed by atoms with Gasteiger partial charge in [0.25, 0.3) is 0 Å². The number of benzene rings is 2. The minimum absolute atomic E-state index is 0.0463. The van der Waals surface area contributed by atoms with Crippen molar-refractivity contribution in [3.63, 3.8) is 0 Å². The van der Waals surface area contributed by atoms with Crippen molar-refractivity contribution in [3.05, 3.63) is 71.3 Å². The van der Waals surface area contributed by atoms with Crippen LogP contribution in [0.1, 0.15) is 22.6 Å². The zero-order valence-electron chi connectivity index (χ0n) is 17.6. The molecule has 1 saturated heterocycles. The zero-order valence-corrected chi connectivity index (χ0v) is 17.6. The summed E-state index contributed by atoms with van der Waals surface area (Å²) in [6, 6.07) is 18.5. The van der Waals surface area contributed by atoms with Crippen molar-refractivity contribution < 1.29 is 23.7 Å². The molecule has 7 atom stereocenters. The molecule has 30 heavy (non-hydrogen) atoms. The molecule has 5 rings (SSSR count). The van der Waals surface area contributed by atoms with Gasteiger partial charge in [0.1, 0.15) is 12.2 Å². The molecule has 1 heterocycles. The summed E-state index contributed by atoms with van der Waals surface area (Å²) in [5, 5.41) is 0. The lowest BCUT2D eigenvalue weighted by Crippen LogP contribution is -2.49. The highest BCUT2D eigenvalue weighted by Gasteiger charge is 2.80. The lowest BCUT2D eigenvalue weighted by atomic mass is 9.88. The Morgan fingerprint density at radius 1 is 0.933 bits per heavy atom. The average molecular weight is 408 g/mol. The van der Waals surface area contributed by atoms with Gasteiger partial charge in [0.05, 0.1) is 24.2 Å². The minimum atomic E-state index is -0.657. The number of carbonyl (C=O) groups is 1. The van der Waals surface area contributed by atoms with Gasteiger partial charge < -0.3 is 18.9 Å². The van der Waals surface area contributed by atoms with E-state index in [1.807, 2.05) is 30.3 Å². The number of fused-ring (bicyclic) bond motifs is 5. The number of methoxy groups -OCH3 is 3. The largest absolute Gasteiger partial charge is 0.382 e. The topological polar surface area (TPSA) is 54.0 Å². The zero-order chi connectivity index (χ0) is 20.9. The predicted octanol–water partition coefficient (Wildman–Crippen LogP) is 2.91. The van der Waals surface area contributed by atoms with Gasteiger partial charge in [-0.3, -0.25) is 4.79 Å². The summed E-state index contributed by atoms with van der Waals surface area (Å²) < 4.78 is 23.5. The predicted molar refractivity (Wildman–Crippen MR) is 112 cm³/mol. The Hall–Kier alpha value is -2.05. The second-order valence-electron chi connectivity index (χ2n) is 8.54. The fraction of sp³-hybridized carbons (Fsp3) is 0.480. The Bertz CT molecular complexity index is 928. The quantitative estimate of drug-likeness (QED) is 0.736. The molecule has 2 aliphatic carbocycles. The van der Waals surface area contributed by atoms with Crippen molar-refractivity contribution in [2.24, 2.45) is 5.92 Å². The van der Waals surface area contributed by atoms with E-state index in [2.05, 4.69) is 24.3 Å². The molecule has 1 aliphatic heterocycles. The fourth-order valence-electron chi connectivity index (χ4n) is 5.98. The number of ketones is 1. The number of Topliss-reactive ketones (excluding diaryl/α,β-unsaturated/α-hetero) is 1. The van der Waals surface area contributed by atoms with Crippen molar-refractivity contribution in [1.82, 2.24) is 0 Å². The molecule has 0 amide bonds. The lowest BCUT2D eigenvalue weighted by Gasteiger charge is -2.35. The van der Waals surface area contributed by atoms with E-state index in [1.165, 1.54) is 5.56 Å². The van der Waals surface area contributed by atoms with Gasteiger partial charge in [-0.1, -0.05) is 54.6 Å². The highest BCUT2D eigenvalue weighted by atomic mass is 16.6. The van der Waals surface area contributed by atoms with E-state index in [4.69, 9.17) is 18.9 Å². The monoisotopic (exact) mass is 408 g/mol. The van der Waals surface area contributed by atoms with Gasteiger partial charge in [-0.25, -0.2) is 0 Å². The van der Waals surface area contributed by atoms with E-state index in [0.717, 1.165) is 11.1 Å². The lowest BCUT2D eigenvalue weighted by molar-refractivity contribution is -0.175. The molecule has 5 nitrogen and oxygen atoms in total. The Morgan fingerprint density at radius 3 is 2.33 bits per heavy atom. The molecule has 3 aliphatic rings. The second-order valence-corrected chi connectivity index (χ2v) is 8.54. The number of hydrogen-bond donors (Lipinski definition) is 0. The number of hydrogen-bond acceptors (Lipinski definition) is 5. The number of ether oxygens (including phenoxy) is 4. The first-order valence-corrected chi connectivity index (χ1v) is 10.6. The van der Waals surface area contributed by atoms with Crippen LogP contribution >= 0.6 is 0 Å². The normalized spacial score (nSPS) is 36.6. The average Bonchev–Trinajstić information content (AvgIpc) is 3.38. The van der Waals surface area contributed by atoms with E-state index < -0.39 is 5.41 Å². The molecule has 0 radical (unpaired) electrons. The third-order valence-electron chi connectivity index (χ3n) is 7.22. The molecular weight excluding hydrogens is 380 g/mol. The molecule has 0 N–H and O–H groups in total. The summed E-state index contributed by atoms with van der Waals surface area (Å²) >= 11 is 0. The van der Waals surface area contributed by atoms with Crippen LogP contribution in [0.15, 0.2) is 54.6 Å². The van der Waals surface area contributed by atoms with Gasteiger partial charge in [0.15, 0.2) is 5.78 Å². The van der Waals surface area contributed by atoms with E-state index in [9.17, 15) is 4.79 Å². The molecule has 4 unspecified atom stereocenters. The van der Waals surface area contributed by atoms with Crippen LogP contribution in [-0.2, 0) is 35.6 Å². The molecule has 2 aromatic carbocycles. The van der Waals surface area contributed by atoms with Gasteiger partial charge in [0.2, 0.25) is 0 Å². The molecule has 0 aromatic heterocycles. The van der Waals surface area contributed by atoms with Gasteiger partial charge in [-0.15, -0.1) is 0 Å². The first-order chi connectivity index (χ1) is 14.7. The molecule has 2 fully saturated rings. The van der Waals surface area contributed by atoms with Crippen molar-refractivity contribution in [3.8, 4) is 0 Å². The van der Waals surface area contributed by atoms with Crippen LogP contribution in [0.4, 0.5) is 0 Å². The molecule has 158 valence electrons. The van der Waals surface area contributed by atoms with Gasteiger partial charge in [-0.05, 0) is 23.1 Å². The minimum Gasteiger partial charge on any atom is -0.382 e. The SMILES string of the molecule is COC[C@H]1OC2C([C@@H](OC)[C@H]1OC)C21C(=O)C(Cc2ccccc2)c2ccccc21.